The molecule has 6 heteroatoms. The summed E-state index contributed by atoms with van der Waals surface area (Å²) in [7, 11) is 0. The average molecular weight is 427 g/mol. The van der Waals surface area contributed by atoms with Crippen LogP contribution in [0.3, 0.4) is 0 Å². The number of hydrogen-bond acceptors (Lipinski definition) is 4. The van der Waals surface area contributed by atoms with Crippen molar-refractivity contribution in [3.63, 3.8) is 0 Å². The van der Waals surface area contributed by atoms with E-state index in [-0.39, 0.29) is 11.7 Å². The standard InChI is InChI=1S/C20H15BrN2O2S/c21-16-9-10-19(22-12-16)23-20(25)15-7-4-8-17(11-15)26-13-18(24)14-5-2-1-3-6-14/h1-12H,13H2,(H,22,23,25). The first kappa shape index (κ1) is 18.4. The number of carbonyl (C=O) groups is 2. The molecule has 3 rings (SSSR count). The molecule has 3 aromatic rings. The van der Waals surface area contributed by atoms with Crippen molar-refractivity contribution in [3.8, 4) is 0 Å². The van der Waals surface area contributed by atoms with E-state index in [1.165, 1.54) is 11.8 Å². The molecule has 4 nitrogen and oxygen atoms in total. The fraction of sp³-hybridized carbons (Fsp3) is 0.0500. The molecule has 130 valence electrons. The van der Waals surface area contributed by atoms with Crippen molar-refractivity contribution in [1.29, 1.82) is 0 Å². The van der Waals surface area contributed by atoms with Gasteiger partial charge in [0.2, 0.25) is 0 Å². The molecule has 0 saturated heterocycles. The zero-order chi connectivity index (χ0) is 18.4. The number of halogens is 1. The number of hydrogen-bond donors (Lipinski definition) is 1. The lowest BCUT2D eigenvalue weighted by molar-refractivity contribution is 0.101. The summed E-state index contributed by atoms with van der Waals surface area (Å²) >= 11 is 4.72. The molecule has 26 heavy (non-hydrogen) atoms. The van der Waals surface area contributed by atoms with Gasteiger partial charge in [0.05, 0.1) is 5.75 Å². The molecular weight excluding hydrogens is 412 g/mol. The maximum absolute atomic E-state index is 12.4. The van der Waals surface area contributed by atoms with Crippen molar-refractivity contribution in [2.75, 3.05) is 11.1 Å². The smallest absolute Gasteiger partial charge is 0.256 e. The molecule has 1 aromatic heterocycles. The van der Waals surface area contributed by atoms with Crippen LogP contribution in [0.15, 0.2) is 82.3 Å². The zero-order valence-corrected chi connectivity index (χ0v) is 16.1. The number of benzene rings is 2. The van der Waals surface area contributed by atoms with Gasteiger partial charge in [-0.1, -0.05) is 36.4 Å². The van der Waals surface area contributed by atoms with Crippen LogP contribution in [0.25, 0.3) is 0 Å². The number of anilines is 1. The number of Topliss-reactive ketones (excluding diaryl/α,β-unsaturated/α-hetero) is 1. The van der Waals surface area contributed by atoms with E-state index < -0.39 is 0 Å². The molecule has 0 aliphatic carbocycles. The lowest BCUT2D eigenvalue weighted by atomic mass is 10.2. The van der Waals surface area contributed by atoms with Gasteiger partial charge < -0.3 is 5.32 Å². The predicted molar refractivity (Wildman–Crippen MR) is 108 cm³/mol. The molecule has 0 fully saturated rings. The molecule has 0 aliphatic heterocycles. The average Bonchev–Trinajstić information content (AvgIpc) is 2.69. The van der Waals surface area contributed by atoms with Crippen molar-refractivity contribution in [2.24, 2.45) is 0 Å². The van der Waals surface area contributed by atoms with Gasteiger partial charge in [0.25, 0.3) is 5.91 Å². The van der Waals surface area contributed by atoms with Gasteiger partial charge in [-0.3, -0.25) is 9.59 Å². The molecule has 0 unspecified atom stereocenters. The van der Waals surface area contributed by atoms with Crippen LogP contribution in [0, 0.1) is 0 Å². The number of thioether (sulfide) groups is 1. The first-order valence-electron chi connectivity index (χ1n) is 7.86. The number of carbonyl (C=O) groups excluding carboxylic acids is 2. The number of amides is 1. The second-order valence-corrected chi connectivity index (χ2v) is 7.39. The third-order valence-corrected chi connectivity index (χ3v) is 4.99. The van der Waals surface area contributed by atoms with Crippen molar-refractivity contribution >= 4 is 45.2 Å². The van der Waals surface area contributed by atoms with Crippen LogP contribution in [-0.2, 0) is 0 Å². The SMILES string of the molecule is O=C(CSc1cccc(C(=O)Nc2ccc(Br)cn2)c1)c1ccccc1. The van der Waals surface area contributed by atoms with Crippen molar-refractivity contribution in [2.45, 2.75) is 4.90 Å². The molecule has 0 radical (unpaired) electrons. The van der Waals surface area contributed by atoms with E-state index in [2.05, 4.69) is 26.2 Å². The fourth-order valence-corrected chi connectivity index (χ4v) is 3.31. The lowest BCUT2D eigenvalue weighted by Gasteiger charge is -2.07. The number of nitrogens with one attached hydrogen (secondary N) is 1. The van der Waals surface area contributed by atoms with Gasteiger partial charge in [0.1, 0.15) is 5.82 Å². The largest absolute Gasteiger partial charge is 0.307 e. The Hall–Kier alpha value is -2.44. The van der Waals surface area contributed by atoms with Crippen molar-refractivity contribution < 1.29 is 9.59 Å². The van der Waals surface area contributed by atoms with Crippen LogP contribution in [0.5, 0.6) is 0 Å². The topological polar surface area (TPSA) is 59.1 Å². The molecule has 1 N–H and O–H groups in total. The van der Waals surface area contributed by atoms with Gasteiger partial charge in [-0.05, 0) is 46.3 Å². The minimum atomic E-state index is -0.239. The summed E-state index contributed by atoms with van der Waals surface area (Å²) in [6.07, 6.45) is 1.62. The fourth-order valence-electron chi connectivity index (χ4n) is 2.22. The van der Waals surface area contributed by atoms with Crippen LogP contribution in [0.2, 0.25) is 0 Å². The molecule has 0 saturated carbocycles. The summed E-state index contributed by atoms with van der Waals surface area (Å²) in [6.45, 7) is 0. The Labute approximate surface area is 164 Å². The van der Waals surface area contributed by atoms with Gasteiger partial charge >= 0.3 is 0 Å². The quantitative estimate of drug-likeness (QED) is 0.441. The minimum absolute atomic E-state index is 0.0597. The molecule has 2 aromatic carbocycles. The Balaban J connectivity index is 1.63. The Kier molecular flexibility index (Phi) is 6.20. The van der Waals surface area contributed by atoms with Crippen LogP contribution in [-0.4, -0.2) is 22.4 Å². The molecule has 0 spiro atoms. The first-order valence-corrected chi connectivity index (χ1v) is 9.64. The molecule has 1 heterocycles. The normalized spacial score (nSPS) is 10.3. The first-order chi connectivity index (χ1) is 12.6. The second-order valence-electron chi connectivity index (χ2n) is 5.42. The molecule has 0 aliphatic rings. The highest BCUT2D eigenvalue weighted by atomic mass is 79.9. The molecule has 0 atom stereocenters. The van der Waals surface area contributed by atoms with E-state index in [4.69, 9.17) is 0 Å². The van der Waals surface area contributed by atoms with E-state index in [0.717, 1.165) is 9.37 Å². The predicted octanol–water partition coefficient (Wildman–Crippen LogP) is 5.07. The van der Waals surface area contributed by atoms with E-state index in [1.54, 1.807) is 42.6 Å². The Morgan fingerprint density at radius 2 is 1.73 bits per heavy atom. The Morgan fingerprint density at radius 1 is 0.962 bits per heavy atom. The highest BCUT2D eigenvalue weighted by Crippen LogP contribution is 2.21. The Morgan fingerprint density at radius 3 is 2.46 bits per heavy atom. The summed E-state index contributed by atoms with van der Waals surface area (Å²) in [5, 5.41) is 2.76. The number of nitrogens with zero attached hydrogens (tertiary/aromatic N) is 1. The van der Waals surface area contributed by atoms with E-state index in [1.807, 2.05) is 30.3 Å². The summed E-state index contributed by atoms with van der Waals surface area (Å²) < 4.78 is 0.844. The van der Waals surface area contributed by atoms with Gasteiger partial charge in [0, 0.05) is 26.7 Å². The van der Waals surface area contributed by atoms with Crippen LogP contribution >= 0.6 is 27.7 Å². The van der Waals surface area contributed by atoms with Gasteiger partial charge in [-0.15, -0.1) is 11.8 Å². The van der Waals surface area contributed by atoms with Crippen LogP contribution < -0.4 is 5.32 Å². The maximum atomic E-state index is 12.4. The van der Waals surface area contributed by atoms with Crippen LogP contribution in [0.4, 0.5) is 5.82 Å². The summed E-state index contributed by atoms with van der Waals surface area (Å²) in [6, 6.07) is 19.9. The van der Waals surface area contributed by atoms with Crippen LogP contribution in [0.1, 0.15) is 20.7 Å². The highest BCUT2D eigenvalue weighted by molar-refractivity contribution is 9.10. The Bertz CT molecular complexity index is 915. The minimum Gasteiger partial charge on any atom is -0.307 e. The second kappa shape index (κ2) is 8.78. The van der Waals surface area contributed by atoms with Crippen molar-refractivity contribution in [1.82, 2.24) is 4.98 Å². The molecular formula is C20H15BrN2O2S. The third-order valence-electron chi connectivity index (χ3n) is 3.53. The number of pyridine rings is 1. The van der Waals surface area contributed by atoms with E-state index in [9.17, 15) is 9.59 Å². The number of ketones is 1. The van der Waals surface area contributed by atoms with Gasteiger partial charge in [0.15, 0.2) is 5.78 Å². The summed E-state index contributed by atoms with van der Waals surface area (Å²) in [4.78, 5) is 29.6. The van der Waals surface area contributed by atoms with E-state index >= 15 is 0 Å². The highest BCUT2D eigenvalue weighted by Gasteiger charge is 2.10. The number of aromatic nitrogens is 1. The monoisotopic (exact) mass is 426 g/mol. The summed E-state index contributed by atoms with van der Waals surface area (Å²) in [5.74, 6) is 0.625. The lowest BCUT2D eigenvalue weighted by Crippen LogP contribution is -2.12. The molecule has 1 amide bonds. The van der Waals surface area contributed by atoms with Crippen molar-refractivity contribution in [3.05, 3.63) is 88.5 Å². The van der Waals surface area contributed by atoms with Gasteiger partial charge in [-0.25, -0.2) is 4.98 Å². The van der Waals surface area contributed by atoms with Gasteiger partial charge in [-0.2, -0.15) is 0 Å². The molecule has 0 bridgehead atoms. The third kappa shape index (κ3) is 5.03. The zero-order valence-electron chi connectivity index (χ0n) is 13.7. The van der Waals surface area contributed by atoms with E-state index in [0.29, 0.717) is 22.7 Å². The number of rotatable bonds is 6. The maximum Gasteiger partial charge on any atom is 0.256 e. The summed E-state index contributed by atoms with van der Waals surface area (Å²) in [5.41, 5.74) is 1.21.